The van der Waals surface area contributed by atoms with Crippen molar-refractivity contribution < 1.29 is 31.5 Å². The first kappa shape index (κ1) is 22.1. The number of sulfone groups is 2. The number of hydrogen-bond acceptors (Lipinski definition) is 8. The summed E-state index contributed by atoms with van der Waals surface area (Å²) >= 11 is 6.70. The Bertz CT molecular complexity index is 1180. The summed E-state index contributed by atoms with van der Waals surface area (Å²) in [4.78, 5) is 23.3. The second kappa shape index (κ2) is 7.70. The lowest BCUT2D eigenvalue weighted by Crippen LogP contribution is -2.16. The monoisotopic (exact) mass is 466 g/mol. The molecule has 0 aliphatic carbocycles. The molecule has 0 atom stereocenters. The van der Waals surface area contributed by atoms with Crippen molar-refractivity contribution in [2.75, 3.05) is 17.3 Å². The van der Waals surface area contributed by atoms with Crippen LogP contribution in [0.15, 0.2) is 27.3 Å². The number of hydrogen-bond donors (Lipinski definition) is 3. The molecule has 2 rings (SSSR count). The van der Waals surface area contributed by atoms with Gasteiger partial charge in [-0.05, 0) is 12.1 Å². The second-order valence-corrected chi connectivity index (χ2v) is 11.1. The molecule has 0 bridgehead atoms. The highest BCUT2D eigenvalue weighted by Crippen LogP contribution is 2.35. The zero-order valence-electron chi connectivity index (χ0n) is 14.5. The zero-order valence-corrected chi connectivity index (χ0v) is 17.7. The molecule has 0 fully saturated rings. The van der Waals surface area contributed by atoms with E-state index in [0.29, 0.717) is 0 Å². The second-order valence-electron chi connectivity index (χ2n) is 5.60. The molecule has 2 amide bonds. The SMILES string of the molecule is CCS(=O)(=O)c1cc(NC(=O)c2scc(S(C)(=O)=O)c2Cl)c(O)c(C(N)=O)c1. The topological polar surface area (TPSA) is 161 Å². The van der Waals surface area contributed by atoms with Gasteiger partial charge >= 0.3 is 0 Å². The van der Waals surface area contributed by atoms with Crippen molar-refractivity contribution >= 4 is 60.1 Å². The molecule has 0 aliphatic rings. The highest BCUT2D eigenvalue weighted by atomic mass is 35.5. The fourth-order valence-corrected chi connectivity index (χ4v) is 5.88. The third-order valence-electron chi connectivity index (χ3n) is 3.64. The Morgan fingerprint density at radius 3 is 2.32 bits per heavy atom. The largest absolute Gasteiger partial charge is 0.505 e. The average Bonchev–Trinajstić information content (AvgIpc) is 2.98. The molecule has 0 spiro atoms. The molecule has 1 aromatic carbocycles. The molecule has 28 heavy (non-hydrogen) atoms. The maximum absolute atomic E-state index is 12.5. The number of benzene rings is 1. The Balaban J connectivity index is 2.56. The Morgan fingerprint density at radius 2 is 1.86 bits per heavy atom. The number of amides is 2. The zero-order chi connectivity index (χ0) is 21.4. The molecular weight excluding hydrogens is 452 g/mol. The van der Waals surface area contributed by atoms with Crippen LogP contribution < -0.4 is 11.1 Å². The van der Waals surface area contributed by atoms with Crippen LogP contribution in [0.4, 0.5) is 5.69 Å². The maximum Gasteiger partial charge on any atom is 0.267 e. The highest BCUT2D eigenvalue weighted by Gasteiger charge is 2.25. The summed E-state index contributed by atoms with van der Waals surface area (Å²) in [5.74, 6) is -3.03. The maximum atomic E-state index is 12.5. The summed E-state index contributed by atoms with van der Waals surface area (Å²) in [5.41, 5.74) is 4.27. The molecule has 2 aromatic rings. The lowest BCUT2D eigenvalue weighted by molar-refractivity contribution is 0.0993. The summed E-state index contributed by atoms with van der Waals surface area (Å²) < 4.78 is 47.5. The Kier molecular flexibility index (Phi) is 6.09. The normalized spacial score (nSPS) is 12.0. The van der Waals surface area contributed by atoms with Gasteiger partial charge in [-0.1, -0.05) is 18.5 Å². The summed E-state index contributed by atoms with van der Waals surface area (Å²) in [6.45, 7) is 1.38. The van der Waals surface area contributed by atoms with Gasteiger partial charge in [-0.15, -0.1) is 11.3 Å². The number of anilines is 1. The fraction of sp³-hybridized carbons (Fsp3) is 0.200. The molecule has 1 aromatic heterocycles. The predicted octanol–water partition coefficient (Wildman–Crippen LogP) is 1.66. The molecule has 0 saturated heterocycles. The van der Waals surface area contributed by atoms with E-state index in [1.807, 2.05) is 0 Å². The number of primary amides is 1. The first-order chi connectivity index (χ1) is 12.8. The van der Waals surface area contributed by atoms with Crippen molar-refractivity contribution in [3.05, 3.63) is 33.0 Å². The smallest absolute Gasteiger partial charge is 0.267 e. The van der Waals surface area contributed by atoms with Crippen LogP contribution in [-0.4, -0.2) is 45.8 Å². The lowest BCUT2D eigenvalue weighted by Gasteiger charge is -2.12. The fourth-order valence-electron chi connectivity index (χ4n) is 2.15. The highest BCUT2D eigenvalue weighted by molar-refractivity contribution is 7.91. The predicted molar refractivity (Wildman–Crippen MR) is 105 cm³/mol. The average molecular weight is 467 g/mol. The van der Waals surface area contributed by atoms with E-state index in [1.165, 1.54) is 12.3 Å². The van der Waals surface area contributed by atoms with Crippen LogP contribution in [0.2, 0.25) is 5.02 Å². The Labute approximate surface area is 170 Å². The number of halogens is 1. The minimum absolute atomic E-state index is 0.175. The van der Waals surface area contributed by atoms with E-state index in [2.05, 4.69) is 5.32 Å². The number of nitrogens with two attached hydrogens (primary N) is 1. The molecular formula is C15H15ClN2O7S3. The number of phenols is 1. The van der Waals surface area contributed by atoms with Gasteiger partial charge in [0.1, 0.15) is 4.88 Å². The number of carbonyl (C=O) groups excluding carboxylic acids is 2. The molecule has 13 heteroatoms. The number of rotatable bonds is 6. The van der Waals surface area contributed by atoms with Gasteiger partial charge in [-0.2, -0.15) is 0 Å². The third-order valence-corrected chi connectivity index (χ3v) is 8.22. The van der Waals surface area contributed by atoms with Crippen molar-refractivity contribution in [2.45, 2.75) is 16.7 Å². The van der Waals surface area contributed by atoms with Gasteiger partial charge < -0.3 is 16.2 Å². The molecule has 1 heterocycles. The van der Waals surface area contributed by atoms with E-state index < -0.39 is 48.5 Å². The minimum atomic E-state index is -3.79. The first-order valence-electron chi connectivity index (χ1n) is 7.47. The molecule has 0 aliphatic heterocycles. The number of thiophene rings is 1. The molecule has 0 radical (unpaired) electrons. The van der Waals surface area contributed by atoms with E-state index in [9.17, 15) is 31.5 Å². The summed E-state index contributed by atoms with van der Waals surface area (Å²) in [6.07, 6.45) is 0.923. The van der Waals surface area contributed by atoms with Crippen LogP contribution in [0.1, 0.15) is 27.0 Å². The third kappa shape index (κ3) is 4.29. The van der Waals surface area contributed by atoms with Crippen LogP contribution in [0.5, 0.6) is 5.75 Å². The van der Waals surface area contributed by atoms with E-state index in [-0.39, 0.29) is 25.4 Å². The molecule has 0 saturated carbocycles. The number of aromatic hydroxyl groups is 1. The van der Waals surface area contributed by atoms with Crippen LogP contribution in [0.3, 0.4) is 0 Å². The molecule has 9 nitrogen and oxygen atoms in total. The minimum Gasteiger partial charge on any atom is -0.505 e. The van der Waals surface area contributed by atoms with Gasteiger partial charge in [-0.25, -0.2) is 16.8 Å². The van der Waals surface area contributed by atoms with Crippen molar-refractivity contribution in [1.29, 1.82) is 0 Å². The number of carbonyl (C=O) groups is 2. The first-order valence-corrected chi connectivity index (χ1v) is 12.3. The van der Waals surface area contributed by atoms with Crippen molar-refractivity contribution in [1.82, 2.24) is 0 Å². The van der Waals surface area contributed by atoms with E-state index in [4.69, 9.17) is 17.3 Å². The lowest BCUT2D eigenvalue weighted by atomic mass is 10.1. The quantitative estimate of drug-likeness (QED) is 0.545. The molecule has 0 unspecified atom stereocenters. The Morgan fingerprint density at radius 1 is 1.25 bits per heavy atom. The van der Waals surface area contributed by atoms with Gasteiger partial charge in [0.2, 0.25) is 0 Å². The summed E-state index contributed by atoms with van der Waals surface area (Å²) in [7, 11) is -7.46. The van der Waals surface area contributed by atoms with Crippen molar-refractivity contribution in [3.8, 4) is 5.75 Å². The van der Waals surface area contributed by atoms with Crippen LogP contribution in [-0.2, 0) is 19.7 Å². The summed E-state index contributed by atoms with van der Waals surface area (Å²) in [5, 5.41) is 13.3. The van der Waals surface area contributed by atoms with E-state index in [1.54, 1.807) is 0 Å². The van der Waals surface area contributed by atoms with Crippen LogP contribution >= 0.6 is 22.9 Å². The van der Waals surface area contributed by atoms with Gasteiger partial charge in [0.15, 0.2) is 25.4 Å². The standard InChI is InChI=1S/C15H15ClN2O7S3/c1-3-28(24,25)7-4-8(14(17)20)12(19)9(5-7)18-15(21)13-11(16)10(6-26-13)27(2,22)23/h4-6,19H,3H2,1-2H3,(H2,17,20)(H,18,21). The van der Waals surface area contributed by atoms with Crippen LogP contribution in [0, 0.1) is 0 Å². The van der Waals surface area contributed by atoms with Gasteiger partial charge in [-0.3, -0.25) is 9.59 Å². The van der Waals surface area contributed by atoms with Gasteiger partial charge in [0, 0.05) is 11.6 Å². The van der Waals surface area contributed by atoms with Crippen molar-refractivity contribution in [3.63, 3.8) is 0 Å². The number of nitrogens with one attached hydrogen (secondary N) is 1. The van der Waals surface area contributed by atoms with Gasteiger partial charge in [0.25, 0.3) is 11.8 Å². The van der Waals surface area contributed by atoms with Crippen molar-refractivity contribution in [2.24, 2.45) is 5.73 Å². The molecule has 152 valence electrons. The van der Waals surface area contributed by atoms with E-state index in [0.717, 1.165) is 29.7 Å². The van der Waals surface area contributed by atoms with Crippen LogP contribution in [0.25, 0.3) is 0 Å². The Hall–Kier alpha value is -2.15. The summed E-state index contributed by atoms with van der Waals surface area (Å²) in [6, 6.07) is 1.88. The molecule has 4 N–H and O–H groups in total. The van der Waals surface area contributed by atoms with E-state index >= 15 is 0 Å². The van der Waals surface area contributed by atoms with Gasteiger partial charge in [0.05, 0.1) is 31.8 Å².